The molecule has 0 N–H and O–H groups in total. The highest BCUT2D eigenvalue weighted by atomic mass is 32.1. The summed E-state index contributed by atoms with van der Waals surface area (Å²) in [7, 11) is 0. The van der Waals surface area contributed by atoms with E-state index in [1.54, 1.807) is 0 Å². The SMILES string of the molecule is C=C/C(=C\C1=C(C)c2ccccc2C1(C)C)N(c1ccccc1)c1cc(N(c2ccccc2)c2ccc3c(c2)C(C)(C)c2ccccc2-3)cc2sc3ccccc3c12. The van der Waals surface area contributed by atoms with Crippen LogP contribution in [0.3, 0.4) is 0 Å². The van der Waals surface area contributed by atoms with E-state index in [4.69, 9.17) is 0 Å². The Morgan fingerprint density at radius 1 is 0.534 bits per heavy atom. The third kappa shape index (κ3) is 5.52. The number of nitrogens with zero attached hydrogens (tertiary/aromatic N) is 2. The monoisotopic (exact) mass is 766 g/mol. The highest BCUT2D eigenvalue weighted by Crippen LogP contribution is 2.53. The summed E-state index contributed by atoms with van der Waals surface area (Å²) in [4.78, 5) is 4.87. The van der Waals surface area contributed by atoms with E-state index in [0.29, 0.717) is 0 Å². The van der Waals surface area contributed by atoms with E-state index >= 15 is 0 Å². The van der Waals surface area contributed by atoms with Crippen molar-refractivity contribution in [3.05, 3.63) is 216 Å². The molecule has 1 heterocycles. The average molecular weight is 767 g/mol. The molecule has 2 aliphatic rings. The molecule has 0 unspecified atom stereocenters. The first-order chi connectivity index (χ1) is 28.2. The minimum atomic E-state index is -0.172. The smallest absolute Gasteiger partial charge is 0.0575 e. The first kappa shape index (κ1) is 36.0. The van der Waals surface area contributed by atoms with Crippen LogP contribution in [0.25, 0.3) is 36.9 Å². The topological polar surface area (TPSA) is 6.48 Å². The van der Waals surface area contributed by atoms with E-state index in [-0.39, 0.29) is 10.8 Å². The lowest BCUT2D eigenvalue weighted by atomic mass is 9.80. The maximum absolute atomic E-state index is 4.50. The Morgan fingerprint density at radius 3 is 1.84 bits per heavy atom. The second-order valence-electron chi connectivity index (χ2n) is 16.7. The average Bonchev–Trinajstić information content (AvgIpc) is 3.81. The number of rotatable bonds is 8. The van der Waals surface area contributed by atoms with Crippen LogP contribution in [-0.2, 0) is 10.8 Å². The van der Waals surface area contributed by atoms with E-state index in [1.807, 2.05) is 17.4 Å². The Bertz CT molecular complexity index is 2980. The third-order valence-electron chi connectivity index (χ3n) is 12.6. The van der Waals surface area contributed by atoms with Gasteiger partial charge in [0.2, 0.25) is 0 Å². The number of hydrogen-bond donors (Lipinski definition) is 0. The summed E-state index contributed by atoms with van der Waals surface area (Å²) < 4.78 is 2.50. The fourth-order valence-electron chi connectivity index (χ4n) is 9.75. The van der Waals surface area contributed by atoms with Crippen molar-refractivity contribution in [2.75, 3.05) is 9.80 Å². The van der Waals surface area contributed by atoms with Gasteiger partial charge in [0.25, 0.3) is 0 Å². The maximum atomic E-state index is 4.50. The lowest BCUT2D eigenvalue weighted by molar-refractivity contribution is 0.653. The lowest BCUT2D eigenvalue weighted by Gasteiger charge is -2.32. The molecule has 1 aromatic heterocycles. The van der Waals surface area contributed by atoms with Gasteiger partial charge in [-0.2, -0.15) is 0 Å². The van der Waals surface area contributed by atoms with Crippen molar-refractivity contribution >= 4 is 65.5 Å². The zero-order valence-electron chi connectivity index (χ0n) is 33.8. The molecule has 0 radical (unpaired) electrons. The van der Waals surface area contributed by atoms with Crippen molar-refractivity contribution < 1.29 is 0 Å². The Morgan fingerprint density at radius 2 is 1.14 bits per heavy atom. The van der Waals surface area contributed by atoms with Gasteiger partial charge >= 0.3 is 0 Å². The molecule has 0 bridgehead atoms. The minimum absolute atomic E-state index is 0.126. The van der Waals surface area contributed by atoms with Gasteiger partial charge in [0.15, 0.2) is 0 Å². The number of allylic oxidation sites excluding steroid dienone is 4. The van der Waals surface area contributed by atoms with E-state index in [2.05, 4.69) is 221 Å². The summed E-state index contributed by atoms with van der Waals surface area (Å²) in [6, 6.07) is 60.1. The standard InChI is InChI=1S/C55H46N2S/c1-7-37(32-48-36(2)42-24-14-17-27-46(42)54(48,3)4)57(39-22-12-9-13-23-39)50-34-41(35-52-53(50)45-26-16-19-29-51(45)58-52)56(38-20-10-8-11-21-38)40-30-31-44-43-25-15-18-28-47(43)55(5,6)49(44)33-40/h7-35H,1H2,2-6H3/b37-32+. The van der Waals surface area contributed by atoms with E-state index in [9.17, 15) is 0 Å². The second-order valence-corrected chi connectivity index (χ2v) is 17.7. The molecule has 0 saturated heterocycles. The quantitative estimate of drug-likeness (QED) is 0.142. The van der Waals surface area contributed by atoms with E-state index < -0.39 is 0 Å². The van der Waals surface area contributed by atoms with Crippen molar-refractivity contribution in [1.29, 1.82) is 0 Å². The molecule has 8 aromatic rings. The Hall–Kier alpha value is -6.42. The molecular weight excluding hydrogens is 721 g/mol. The van der Waals surface area contributed by atoms with Crippen molar-refractivity contribution in [3.8, 4) is 11.1 Å². The molecule has 0 aliphatic heterocycles. The number of benzene rings is 7. The van der Waals surface area contributed by atoms with Crippen LogP contribution in [0.2, 0.25) is 0 Å². The van der Waals surface area contributed by atoms with Gasteiger partial charge < -0.3 is 9.80 Å². The van der Waals surface area contributed by atoms with Gasteiger partial charge in [0.1, 0.15) is 0 Å². The molecular formula is C55H46N2S. The number of hydrogen-bond acceptors (Lipinski definition) is 3. The molecule has 0 saturated carbocycles. The first-order valence-corrected chi connectivity index (χ1v) is 21.0. The molecule has 2 aliphatic carbocycles. The predicted molar refractivity (Wildman–Crippen MR) is 251 cm³/mol. The van der Waals surface area contributed by atoms with Crippen LogP contribution in [0.4, 0.5) is 28.4 Å². The molecule has 2 nitrogen and oxygen atoms in total. The van der Waals surface area contributed by atoms with Gasteiger partial charge in [0, 0.05) is 59.4 Å². The van der Waals surface area contributed by atoms with Crippen molar-refractivity contribution in [1.82, 2.24) is 0 Å². The molecule has 0 amide bonds. The largest absolute Gasteiger partial charge is 0.310 e. The summed E-state index contributed by atoms with van der Waals surface area (Å²) in [5.41, 5.74) is 16.9. The lowest BCUT2D eigenvalue weighted by Crippen LogP contribution is -2.20. The van der Waals surface area contributed by atoms with E-state index in [0.717, 1.165) is 34.1 Å². The Balaban J connectivity index is 1.24. The van der Waals surface area contributed by atoms with Crippen molar-refractivity contribution in [3.63, 3.8) is 0 Å². The molecule has 7 aromatic carbocycles. The fraction of sp³-hybridized carbons (Fsp3) is 0.127. The fourth-order valence-corrected chi connectivity index (χ4v) is 10.9. The Kier molecular flexibility index (Phi) is 8.44. The van der Waals surface area contributed by atoms with Crippen LogP contribution < -0.4 is 9.80 Å². The van der Waals surface area contributed by atoms with Crippen LogP contribution >= 0.6 is 11.3 Å². The highest BCUT2D eigenvalue weighted by molar-refractivity contribution is 7.26. The molecule has 58 heavy (non-hydrogen) atoms. The van der Waals surface area contributed by atoms with Crippen molar-refractivity contribution in [2.45, 2.75) is 45.4 Å². The van der Waals surface area contributed by atoms with E-state index in [1.165, 1.54) is 64.7 Å². The summed E-state index contributed by atoms with van der Waals surface area (Å²) in [6.07, 6.45) is 4.42. The molecule has 10 rings (SSSR count). The first-order valence-electron chi connectivity index (χ1n) is 20.2. The van der Waals surface area contributed by atoms with Gasteiger partial charge in [-0.15, -0.1) is 11.3 Å². The van der Waals surface area contributed by atoms with Crippen molar-refractivity contribution in [2.24, 2.45) is 0 Å². The second kappa shape index (κ2) is 13.6. The number of anilines is 5. The van der Waals surface area contributed by atoms with Gasteiger partial charge in [0.05, 0.1) is 5.69 Å². The third-order valence-corrected chi connectivity index (χ3v) is 13.8. The van der Waals surface area contributed by atoms with Crippen LogP contribution in [0.1, 0.15) is 56.9 Å². The summed E-state index contributed by atoms with van der Waals surface area (Å²) in [5, 5.41) is 2.49. The number of para-hydroxylation sites is 2. The van der Waals surface area contributed by atoms with Gasteiger partial charge in [-0.3, -0.25) is 0 Å². The van der Waals surface area contributed by atoms with Crippen LogP contribution in [0.15, 0.2) is 194 Å². The summed E-state index contributed by atoms with van der Waals surface area (Å²) in [6.45, 7) is 16.2. The van der Waals surface area contributed by atoms with Crippen LogP contribution in [-0.4, -0.2) is 0 Å². The summed E-state index contributed by atoms with van der Waals surface area (Å²) in [5.74, 6) is 0. The summed E-state index contributed by atoms with van der Waals surface area (Å²) >= 11 is 1.86. The number of fused-ring (bicyclic) bond motifs is 7. The normalized spacial score (nSPS) is 15.0. The van der Waals surface area contributed by atoms with Gasteiger partial charge in [-0.1, -0.05) is 143 Å². The Labute approximate surface area is 346 Å². The van der Waals surface area contributed by atoms with Crippen LogP contribution in [0, 0.1) is 0 Å². The van der Waals surface area contributed by atoms with Crippen LogP contribution in [0.5, 0.6) is 0 Å². The number of thiophene rings is 1. The predicted octanol–water partition coefficient (Wildman–Crippen LogP) is 15.8. The van der Waals surface area contributed by atoms with Gasteiger partial charge in [-0.05, 0) is 118 Å². The molecule has 3 heteroatoms. The molecule has 0 atom stereocenters. The zero-order valence-corrected chi connectivity index (χ0v) is 34.6. The highest BCUT2D eigenvalue weighted by Gasteiger charge is 2.37. The molecule has 0 spiro atoms. The maximum Gasteiger partial charge on any atom is 0.0575 e. The van der Waals surface area contributed by atoms with Gasteiger partial charge in [-0.25, -0.2) is 0 Å². The minimum Gasteiger partial charge on any atom is -0.310 e. The molecule has 282 valence electrons. The zero-order chi connectivity index (χ0) is 39.8. The molecule has 0 fully saturated rings.